The van der Waals surface area contributed by atoms with Gasteiger partial charge >= 0.3 is 0 Å². The SMILES string of the molecule is Cc1nn(CC(O)CO)c(C)c1CNCC(C)C. The van der Waals surface area contributed by atoms with Crippen molar-refractivity contribution in [3.05, 3.63) is 17.0 Å². The van der Waals surface area contributed by atoms with E-state index in [2.05, 4.69) is 24.3 Å². The van der Waals surface area contributed by atoms with Crippen molar-refractivity contribution in [1.29, 1.82) is 0 Å². The van der Waals surface area contributed by atoms with Crippen LogP contribution in [0.15, 0.2) is 0 Å². The van der Waals surface area contributed by atoms with Crippen molar-refractivity contribution in [3.63, 3.8) is 0 Å². The van der Waals surface area contributed by atoms with Gasteiger partial charge in [-0.25, -0.2) is 0 Å². The Morgan fingerprint density at radius 1 is 1.33 bits per heavy atom. The van der Waals surface area contributed by atoms with Crippen molar-refractivity contribution < 1.29 is 10.2 Å². The maximum absolute atomic E-state index is 9.46. The molecule has 3 N–H and O–H groups in total. The Balaban J connectivity index is 2.68. The number of rotatable bonds is 7. The van der Waals surface area contributed by atoms with Gasteiger partial charge in [0.15, 0.2) is 0 Å². The molecule has 0 aliphatic carbocycles. The second-order valence-electron chi connectivity index (χ2n) is 5.19. The summed E-state index contributed by atoms with van der Waals surface area (Å²) in [5, 5.41) is 26.1. The average molecular weight is 255 g/mol. The highest BCUT2D eigenvalue weighted by atomic mass is 16.3. The minimum absolute atomic E-state index is 0.237. The number of hydrogen-bond acceptors (Lipinski definition) is 4. The molecule has 0 saturated carbocycles. The number of nitrogens with zero attached hydrogens (tertiary/aromatic N) is 2. The largest absolute Gasteiger partial charge is 0.394 e. The Kier molecular flexibility index (Phi) is 5.78. The first kappa shape index (κ1) is 15.1. The summed E-state index contributed by atoms with van der Waals surface area (Å²) in [5.74, 6) is 0.622. The van der Waals surface area contributed by atoms with Gasteiger partial charge in [0.05, 0.1) is 24.9 Å². The molecule has 0 aromatic carbocycles. The van der Waals surface area contributed by atoms with E-state index in [0.29, 0.717) is 12.5 Å². The topological polar surface area (TPSA) is 70.3 Å². The van der Waals surface area contributed by atoms with Gasteiger partial charge in [-0.2, -0.15) is 5.10 Å². The molecule has 5 nitrogen and oxygen atoms in total. The Morgan fingerprint density at radius 2 is 2.00 bits per heavy atom. The molecular weight excluding hydrogens is 230 g/mol. The van der Waals surface area contributed by atoms with Crippen LogP contribution in [0.3, 0.4) is 0 Å². The highest BCUT2D eigenvalue weighted by molar-refractivity contribution is 5.24. The molecule has 0 aliphatic heterocycles. The molecule has 0 amide bonds. The zero-order chi connectivity index (χ0) is 13.7. The molecule has 5 heteroatoms. The van der Waals surface area contributed by atoms with Crippen LogP contribution in [0.25, 0.3) is 0 Å². The predicted octanol–water partition coefficient (Wildman–Crippen LogP) is 0.599. The van der Waals surface area contributed by atoms with Gasteiger partial charge < -0.3 is 15.5 Å². The number of aromatic nitrogens is 2. The number of nitrogens with one attached hydrogen (secondary N) is 1. The molecule has 0 bridgehead atoms. The van der Waals surface area contributed by atoms with Crippen molar-refractivity contribution >= 4 is 0 Å². The second kappa shape index (κ2) is 6.87. The summed E-state index contributed by atoms with van der Waals surface area (Å²) in [6, 6.07) is 0. The third kappa shape index (κ3) is 4.08. The van der Waals surface area contributed by atoms with Gasteiger partial charge in [0, 0.05) is 17.8 Å². The van der Waals surface area contributed by atoms with E-state index in [4.69, 9.17) is 5.11 Å². The lowest BCUT2D eigenvalue weighted by Gasteiger charge is -2.10. The normalized spacial score (nSPS) is 13.3. The minimum Gasteiger partial charge on any atom is -0.394 e. The molecule has 0 fully saturated rings. The van der Waals surface area contributed by atoms with Crippen LogP contribution in [0.2, 0.25) is 0 Å². The van der Waals surface area contributed by atoms with Crippen LogP contribution in [0.1, 0.15) is 30.8 Å². The number of hydrogen-bond donors (Lipinski definition) is 3. The number of aliphatic hydroxyl groups excluding tert-OH is 2. The molecule has 1 aromatic rings. The standard InChI is InChI=1S/C13H25N3O2/c1-9(2)5-14-6-13-10(3)15-16(11(13)4)7-12(18)8-17/h9,12,14,17-18H,5-8H2,1-4H3. The lowest BCUT2D eigenvalue weighted by atomic mass is 10.1. The van der Waals surface area contributed by atoms with Crippen LogP contribution < -0.4 is 5.32 Å². The highest BCUT2D eigenvalue weighted by Crippen LogP contribution is 2.13. The first-order valence-corrected chi connectivity index (χ1v) is 6.48. The maximum Gasteiger partial charge on any atom is 0.0966 e. The fourth-order valence-electron chi connectivity index (χ4n) is 1.91. The first-order chi connectivity index (χ1) is 8.45. The molecular formula is C13H25N3O2. The van der Waals surface area contributed by atoms with E-state index < -0.39 is 6.10 Å². The van der Waals surface area contributed by atoms with Crippen LogP contribution in [-0.4, -0.2) is 39.2 Å². The van der Waals surface area contributed by atoms with Crippen LogP contribution in [0.5, 0.6) is 0 Å². The lowest BCUT2D eigenvalue weighted by molar-refractivity contribution is 0.0776. The van der Waals surface area contributed by atoms with Gasteiger partial charge in [-0.05, 0) is 26.3 Å². The molecule has 1 atom stereocenters. The number of aliphatic hydroxyl groups is 2. The van der Waals surface area contributed by atoms with Crippen LogP contribution in [0.4, 0.5) is 0 Å². The lowest BCUT2D eigenvalue weighted by Crippen LogP contribution is -2.22. The average Bonchev–Trinajstić information content (AvgIpc) is 2.56. The quantitative estimate of drug-likeness (QED) is 0.667. The molecule has 0 radical (unpaired) electrons. The van der Waals surface area contributed by atoms with E-state index in [-0.39, 0.29) is 6.61 Å². The summed E-state index contributed by atoms with van der Waals surface area (Å²) < 4.78 is 1.77. The number of aryl methyl sites for hydroxylation is 1. The fourth-order valence-corrected chi connectivity index (χ4v) is 1.91. The van der Waals surface area contributed by atoms with Crippen molar-refractivity contribution in [1.82, 2.24) is 15.1 Å². The van der Waals surface area contributed by atoms with Crippen LogP contribution in [0, 0.1) is 19.8 Å². The minimum atomic E-state index is -0.750. The third-order valence-electron chi connectivity index (χ3n) is 2.98. The van der Waals surface area contributed by atoms with E-state index in [1.54, 1.807) is 4.68 Å². The Morgan fingerprint density at radius 3 is 2.56 bits per heavy atom. The molecule has 0 spiro atoms. The summed E-state index contributed by atoms with van der Waals surface area (Å²) in [5.41, 5.74) is 3.21. The first-order valence-electron chi connectivity index (χ1n) is 6.48. The zero-order valence-corrected chi connectivity index (χ0v) is 11.8. The summed E-state index contributed by atoms with van der Waals surface area (Å²) in [4.78, 5) is 0. The van der Waals surface area contributed by atoms with E-state index in [1.165, 1.54) is 5.56 Å². The summed E-state index contributed by atoms with van der Waals surface area (Å²) in [7, 11) is 0. The highest BCUT2D eigenvalue weighted by Gasteiger charge is 2.13. The van der Waals surface area contributed by atoms with Gasteiger partial charge in [-0.15, -0.1) is 0 Å². The summed E-state index contributed by atoms with van der Waals surface area (Å²) in [6.07, 6.45) is -0.750. The monoisotopic (exact) mass is 255 g/mol. The maximum atomic E-state index is 9.46. The van der Waals surface area contributed by atoms with Gasteiger partial charge in [0.1, 0.15) is 0 Å². The Labute approximate surface area is 109 Å². The van der Waals surface area contributed by atoms with Crippen molar-refractivity contribution in [2.45, 2.75) is 46.9 Å². The Bertz CT molecular complexity index is 375. The van der Waals surface area contributed by atoms with E-state index in [0.717, 1.165) is 24.5 Å². The molecule has 18 heavy (non-hydrogen) atoms. The zero-order valence-electron chi connectivity index (χ0n) is 11.8. The molecule has 0 aliphatic rings. The molecule has 1 heterocycles. The molecule has 1 rings (SSSR count). The molecule has 104 valence electrons. The molecule has 1 unspecified atom stereocenters. The van der Waals surface area contributed by atoms with Gasteiger partial charge in [0.2, 0.25) is 0 Å². The van der Waals surface area contributed by atoms with E-state index >= 15 is 0 Å². The predicted molar refractivity (Wildman–Crippen MR) is 71.3 cm³/mol. The van der Waals surface area contributed by atoms with Crippen molar-refractivity contribution in [2.75, 3.05) is 13.2 Å². The molecule has 1 aromatic heterocycles. The van der Waals surface area contributed by atoms with Crippen molar-refractivity contribution in [3.8, 4) is 0 Å². The Hall–Kier alpha value is -0.910. The van der Waals surface area contributed by atoms with Crippen LogP contribution in [-0.2, 0) is 13.1 Å². The van der Waals surface area contributed by atoms with E-state index in [1.807, 2.05) is 13.8 Å². The van der Waals surface area contributed by atoms with E-state index in [9.17, 15) is 5.11 Å². The van der Waals surface area contributed by atoms with Gasteiger partial charge in [-0.1, -0.05) is 13.8 Å². The van der Waals surface area contributed by atoms with Gasteiger partial charge in [0.25, 0.3) is 0 Å². The van der Waals surface area contributed by atoms with Crippen LogP contribution >= 0.6 is 0 Å². The fraction of sp³-hybridized carbons (Fsp3) is 0.769. The summed E-state index contributed by atoms with van der Waals surface area (Å²) >= 11 is 0. The second-order valence-corrected chi connectivity index (χ2v) is 5.19. The van der Waals surface area contributed by atoms with Gasteiger partial charge in [-0.3, -0.25) is 4.68 Å². The third-order valence-corrected chi connectivity index (χ3v) is 2.98. The van der Waals surface area contributed by atoms with Crippen molar-refractivity contribution in [2.24, 2.45) is 5.92 Å². The smallest absolute Gasteiger partial charge is 0.0966 e. The summed E-state index contributed by atoms with van der Waals surface area (Å²) in [6.45, 7) is 10.2. The molecule has 0 saturated heterocycles.